The molecule has 14 heavy (non-hydrogen) atoms. The summed E-state index contributed by atoms with van der Waals surface area (Å²) in [5.74, 6) is 1.59. The monoisotopic (exact) mass is 218 g/mol. The molecule has 0 heterocycles. The molecule has 1 aliphatic carbocycles. The highest BCUT2D eigenvalue weighted by atomic mass is 32.2. The van der Waals surface area contributed by atoms with Gasteiger partial charge in [0.1, 0.15) is 0 Å². The first kappa shape index (κ1) is 12.3. The normalized spacial score (nSPS) is 19.1. The van der Waals surface area contributed by atoms with Crippen LogP contribution in [-0.2, 0) is 0 Å². The Kier molecular flexibility index (Phi) is 5.28. The molecule has 0 unspecified atom stereocenters. The molecule has 0 bridgehead atoms. The van der Waals surface area contributed by atoms with Gasteiger partial charge in [0, 0.05) is 5.41 Å². The highest BCUT2D eigenvalue weighted by Gasteiger charge is 2.38. The fourth-order valence-electron chi connectivity index (χ4n) is 2.51. The summed E-state index contributed by atoms with van der Waals surface area (Å²) in [5.41, 5.74) is -0.195. The first-order valence-electron chi connectivity index (χ1n) is 5.50. The number of thioether (sulfide) groups is 1. The second kappa shape index (κ2) is 5.99. The van der Waals surface area contributed by atoms with E-state index >= 15 is 0 Å². The Labute approximate surface area is 91.1 Å². The van der Waals surface area contributed by atoms with Gasteiger partial charge in [-0.05, 0) is 37.2 Å². The van der Waals surface area contributed by atoms with Crippen LogP contribution in [0, 0.1) is 11.3 Å². The average molecular weight is 218 g/mol. The molecule has 0 amide bonds. The van der Waals surface area contributed by atoms with Crippen LogP contribution in [0.1, 0.15) is 32.1 Å². The van der Waals surface area contributed by atoms with E-state index in [1.165, 1.54) is 25.7 Å². The van der Waals surface area contributed by atoms with E-state index in [1.54, 1.807) is 11.8 Å². The largest absolute Gasteiger partial charge is 0.396 e. The van der Waals surface area contributed by atoms with Crippen molar-refractivity contribution in [3.05, 3.63) is 0 Å². The summed E-state index contributed by atoms with van der Waals surface area (Å²) >= 11 is 1.80. The topological polar surface area (TPSA) is 40.5 Å². The van der Waals surface area contributed by atoms with E-state index < -0.39 is 0 Å². The van der Waals surface area contributed by atoms with Crippen LogP contribution < -0.4 is 0 Å². The maximum Gasteiger partial charge on any atom is 0.0512 e. The van der Waals surface area contributed by atoms with Gasteiger partial charge in [0.2, 0.25) is 0 Å². The Morgan fingerprint density at radius 1 is 1.21 bits per heavy atom. The summed E-state index contributed by atoms with van der Waals surface area (Å²) < 4.78 is 0. The van der Waals surface area contributed by atoms with Crippen LogP contribution in [0.5, 0.6) is 0 Å². The third kappa shape index (κ3) is 2.65. The van der Waals surface area contributed by atoms with Crippen LogP contribution in [0.25, 0.3) is 0 Å². The van der Waals surface area contributed by atoms with Crippen LogP contribution in [0.3, 0.4) is 0 Å². The summed E-state index contributed by atoms with van der Waals surface area (Å²) in [7, 11) is 0. The van der Waals surface area contributed by atoms with Gasteiger partial charge in [-0.1, -0.05) is 12.8 Å². The quantitative estimate of drug-likeness (QED) is 0.715. The van der Waals surface area contributed by atoms with Crippen molar-refractivity contribution in [1.29, 1.82) is 0 Å². The summed E-state index contributed by atoms with van der Waals surface area (Å²) in [6.07, 6.45) is 7.95. The molecule has 0 atom stereocenters. The first-order chi connectivity index (χ1) is 6.79. The summed E-state index contributed by atoms with van der Waals surface area (Å²) in [6.45, 7) is 0.295. The molecule has 0 aromatic rings. The van der Waals surface area contributed by atoms with Gasteiger partial charge in [-0.25, -0.2) is 0 Å². The molecule has 0 aromatic heterocycles. The molecule has 84 valence electrons. The van der Waals surface area contributed by atoms with E-state index in [9.17, 15) is 10.2 Å². The Hall–Kier alpha value is 0.270. The molecule has 0 saturated heterocycles. The molecule has 2 N–H and O–H groups in total. The maximum atomic E-state index is 9.49. The van der Waals surface area contributed by atoms with E-state index in [4.69, 9.17) is 0 Å². The van der Waals surface area contributed by atoms with Crippen molar-refractivity contribution in [2.45, 2.75) is 32.1 Å². The zero-order valence-electron chi connectivity index (χ0n) is 9.04. The first-order valence-corrected chi connectivity index (χ1v) is 6.89. The van der Waals surface area contributed by atoms with Crippen LogP contribution in [0.4, 0.5) is 0 Å². The number of hydrogen-bond donors (Lipinski definition) is 2. The van der Waals surface area contributed by atoms with Crippen LogP contribution in [0.15, 0.2) is 0 Å². The van der Waals surface area contributed by atoms with E-state index in [0.29, 0.717) is 5.92 Å². The molecule has 0 radical (unpaired) electrons. The van der Waals surface area contributed by atoms with Gasteiger partial charge >= 0.3 is 0 Å². The van der Waals surface area contributed by atoms with Crippen molar-refractivity contribution in [3.63, 3.8) is 0 Å². The smallest absolute Gasteiger partial charge is 0.0512 e. The van der Waals surface area contributed by atoms with Crippen LogP contribution >= 0.6 is 11.8 Å². The van der Waals surface area contributed by atoms with Gasteiger partial charge in [-0.15, -0.1) is 0 Å². The Morgan fingerprint density at radius 2 is 1.79 bits per heavy atom. The second-order valence-electron chi connectivity index (χ2n) is 4.40. The zero-order valence-corrected chi connectivity index (χ0v) is 9.85. The second-order valence-corrected chi connectivity index (χ2v) is 5.39. The van der Waals surface area contributed by atoms with Crippen molar-refractivity contribution in [2.75, 3.05) is 25.2 Å². The number of rotatable bonds is 6. The average Bonchev–Trinajstić information content (AvgIpc) is 2.74. The Balaban J connectivity index is 2.57. The van der Waals surface area contributed by atoms with E-state index in [-0.39, 0.29) is 18.6 Å². The van der Waals surface area contributed by atoms with E-state index in [0.717, 1.165) is 12.2 Å². The Bertz CT molecular complexity index is 151. The molecule has 0 aliphatic heterocycles. The molecule has 1 fully saturated rings. The Morgan fingerprint density at radius 3 is 2.21 bits per heavy atom. The highest BCUT2D eigenvalue weighted by Crippen LogP contribution is 2.42. The lowest BCUT2D eigenvalue weighted by atomic mass is 9.73. The number of hydrogen-bond acceptors (Lipinski definition) is 3. The maximum absolute atomic E-state index is 9.49. The molecular weight excluding hydrogens is 196 g/mol. The van der Waals surface area contributed by atoms with E-state index in [2.05, 4.69) is 6.26 Å². The van der Waals surface area contributed by atoms with Crippen molar-refractivity contribution in [2.24, 2.45) is 11.3 Å². The molecule has 1 saturated carbocycles. The lowest BCUT2D eigenvalue weighted by Gasteiger charge is -2.35. The van der Waals surface area contributed by atoms with Gasteiger partial charge in [0.25, 0.3) is 0 Å². The summed E-state index contributed by atoms with van der Waals surface area (Å²) in [4.78, 5) is 0. The fraction of sp³-hybridized carbons (Fsp3) is 1.00. The molecule has 1 aliphatic rings. The fourth-order valence-corrected chi connectivity index (χ4v) is 3.12. The van der Waals surface area contributed by atoms with Crippen molar-refractivity contribution in [3.8, 4) is 0 Å². The molecule has 3 heteroatoms. The van der Waals surface area contributed by atoms with Gasteiger partial charge in [0.15, 0.2) is 0 Å². The predicted molar refractivity (Wildman–Crippen MR) is 61.6 cm³/mol. The van der Waals surface area contributed by atoms with E-state index in [1.807, 2.05) is 0 Å². The molecular formula is C11H22O2S. The van der Waals surface area contributed by atoms with Crippen molar-refractivity contribution < 1.29 is 10.2 Å². The molecule has 2 nitrogen and oxygen atoms in total. The summed E-state index contributed by atoms with van der Waals surface area (Å²) in [6, 6.07) is 0. The van der Waals surface area contributed by atoms with Crippen molar-refractivity contribution in [1.82, 2.24) is 0 Å². The SMILES string of the molecule is CSCCC(CO)(CO)C1CCCC1. The molecule has 0 aromatic carbocycles. The minimum absolute atomic E-state index is 0.148. The number of aliphatic hydroxyl groups is 2. The lowest BCUT2D eigenvalue weighted by molar-refractivity contribution is 0.00337. The highest BCUT2D eigenvalue weighted by molar-refractivity contribution is 7.98. The summed E-state index contributed by atoms with van der Waals surface area (Å²) in [5, 5.41) is 19.0. The standard InChI is InChI=1S/C11H22O2S/c1-14-7-6-11(8-12,9-13)10-4-2-3-5-10/h10,12-13H,2-9H2,1H3. The van der Waals surface area contributed by atoms with Crippen LogP contribution in [0.2, 0.25) is 0 Å². The van der Waals surface area contributed by atoms with Gasteiger partial charge < -0.3 is 10.2 Å². The number of aliphatic hydroxyl groups excluding tert-OH is 2. The minimum Gasteiger partial charge on any atom is -0.396 e. The van der Waals surface area contributed by atoms with Gasteiger partial charge in [-0.2, -0.15) is 11.8 Å². The third-order valence-electron chi connectivity index (χ3n) is 3.66. The third-order valence-corrected chi connectivity index (χ3v) is 4.27. The molecule has 1 rings (SSSR count). The van der Waals surface area contributed by atoms with Crippen LogP contribution in [-0.4, -0.2) is 35.4 Å². The lowest BCUT2D eigenvalue weighted by Crippen LogP contribution is -2.37. The van der Waals surface area contributed by atoms with Gasteiger partial charge in [0.05, 0.1) is 13.2 Å². The van der Waals surface area contributed by atoms with Crippen molar-refractivity contribution >= 4 is 11.8 Å². The zero-order chi connectivity index (χ0) is 10.4. The predicted octanol–water partition coefficient (Wildman–Crippen LogP) is 1.90. The van der Waals surface area contributed by atoms with Gasteiger partial charge in [-0.3, -0.25) is 0 Å². The minimum atomic E-state index is -0.195. The molecule has 0 spiro atoms.